The smallest absolute Gasteiger partial charge is 0.320 e. The molecule has 0 bridgehead atoms. The summed E-state index contributed by atoms with van der Waals surface area (Å²) in [6.07, 6.45) is -0.936. The molecule has 2 unspecified atom stereocenters. The van der Waals surface area contributed by atoms with Gasteiger partial charge in [0.05, 0.1) is 0 Å². The molecule has 2 atom stereocenters. The maximum Gasteiger partial charge on any atom is 0.320 e. The van der Waals surface area contributed by atoms with Gasteiger partial charge in [0, 0.05) is 5.41 Å². The van der Waals surface area contributed by atoms with Gasteiger partial charge in [0.25, 0.3) is 0 Å². The second-order valence-corrected chi connectivity index (χ2v) is 4.21. The first-order valence-corrected chi connectivity index (χ1v) is 5.10. The van der Waals surface area contributed by atoms with E-state index in [0.29, 0.717) is 12.8 Å². The molecule has 0 saturated heterocycles. The van der Waals surface area contributed by atoms with Crippen LogP contribution in [-0.4, -0.2) is 23.5 Å². The van der Waals surface area contributed by atoms with E-state index in [2.05, 4.69) is 0 Å². The second-order valence-electron chi connectivity index (χ2n) is 4.21. The second kappa shape index (κ2) is 6.00. The van der Waals surface area contributed by atoms with E-state index in [4.69, 9.17) is 10.8 Å². The van der Waals surface area contributed by atoms with E-state index in [-0.39, 0.29) is 6.42 Å². The zero-order chi connectivity index (χ0) is 12.1. The van der Waals surface area contributed by atoms with Gasteiger partial charge >= 0.3 is 5.97 Å². The maximum atomic E-state index is 12.8. The third-order valence-corrected chi connectivity index (χ3v) is 2.63. The number of carboxylic acids is 1. The monoisotopic (exact) mass is 223 g/mol. The van der Waals surface area contributed by atoms with Crippen LogP contribution in [0.25, 0.3) is 0 Å². The van der Waals surface area contributed by atoms with Crippen LogP contribution in [0.15, 0.2) is 0 Å². The van der Waals surface area contributed by atoms with Crippen molar-refractivity contribution < 1.29 is 18.7 Å². The molecule has 0 aliphatic carbocycles. The van der Waals surface area contributed by atoms with Crippen LogP contribution in [0, 0.1) is 5.41 Å². The molecule has 0 aliphatic heterocycles. The SMILES string of the molecule is CCCCC(C)(CC(N)C(=O)O)C(F)F. The first kappa shape index (κ1) is 14.3. The highest BCUT2D eigenvalue weighted by atomic mass is 19.3. The van der Waals surface area contributed by atoms with Gasteiger partial charge in [-0.25, -0.2) is 8.78 Å². The van der Waals surface area contributed by atoms with E-state index in [1.807, 2.05) is 6.92 Å². The van der Waals surface area contributed by atoms with E-state index in [1.165, 1.54) is 6.92 Å². The van der Waals surface area contributed by atoms with Crippen molar-refractivity contribution in [1.82, 2.24) is 0 Å². The highest BCUT2D eigenvalue weighted by Gasteiger charge is 2.37. The lowest BCUT2D eigenvalue weighted by atomic mass is 9.79. The summed E-state index contributed by atoms with van der Waals surface area (Å²) in [4.78, 5) is 10.5. The van der Waals surface area contributed by atoms with Crippen LogP contribution in [0.3, 0.4) is 0 Å². The third kappa shape index (κ3) is 4.55. The molecular weight excluding hydrogens is 204 g/mol. The van der Waals surface area contributed by atoms with Crippen LogP contribution >= 0.6 is 0 Å². The Labute approximate surface area is 88.7 Å². The number of hydrogen-bond acceptors (Lipinski definition) is 2. The Morgan fingerprint density at radius 3 is 2.40 bits per heavy atom. The van der Waals surface area contributed by atoms with Gasteiger partial charge in [0.1, 0.15) is 6.04 Å². The van der Waals surface area contributed by atoms with E-state index in [0.717, 1.165) is 6.42 Å². The lowest BCUT2D eigenvalue weighted by Gasteiger charge is -2.30. The fourth-order valence-electron chi connectivity index (χ4n) is 1.47. The summed E-state index contributed by atoms with van der Waals surface area (Å²) < 4.78 is 25.6. The van der Waals surface area contributed by atoms with Crippen molar-refractivity contribution in [3.8, 4) is 0 Å². The molecule has 0 rings (SSSR count). The van der Waals surface area contributed by atoms with Crippen molar-refractivity contribution in [2.75, 3.05) is 0 Å². The Hall–Kier alpha value is -0.710. The van der Waals surface area contributed by atoms with Gasteiger partial charge in [0.2, 0.25) is 6.43 Å². The average molecular weight is 223 g/mol. The largest absolute Gasteiger partial charge is 0.480 e. The highest BCUT2D eigenvalue weighted by molar-refractivity contribution is 5.73. The predicted octanol–water partition coefficient (Wildman–Crippen LogP) is 2.25. The summed E-state index contributed by atoms with van der Waals surface area (Å²) in [6.45, 7) is 3.30. The molecule has 0 aromatic rings. The molecule has 0 amide bonds. The number of rotatable bonds is 7. The van der Waals surface area contributed by atoms with Crippen LogP contribution in [-0.2, 0) is 4.79 Å². The van der Waals surface area contributed by atoms with E-state index in [9.17, 15) is 13.6 Å². The Kier molecular flexibility index (Phi) is 5.72. The van der Waals surface area contributed by atoms with Gasteiger partial charge in [-0.1, -0.05) is 26.7 Å². The first-order valence-electron chi connectivity index (χ1n) is 5.10. The molecule has 0 radical (unpaired) electrons. The summed E-state index contributed by atoms with van der Waals surface area (Å²) in [6, 6.07) is -1.21. The fraction of sp³-hybridized carbons (Fsp3) is 0.900. The molecule has 0 saturated carbocycles. The van der Waals surface area contributed by atoms with Crippen LogP contribution in [0.1, 0.15) is 39.5 Å². The van der Waals surface area contributed by atoms with E-state index in [1.54, 1.807) is 0 Å². The molecule has 3 nitrogen and oxygen atoms in total. The zero-order valence-electron chi connectivity index (χ0n) is 9.17. The number of aliphatic carboxylic acids is 1. The molecule has 15 heavy (non-hydrogen) atoms. The number of alkyl halides is 2. The Morgan fingerprint density at radius 1 is 1.53 bits per heavy atom. The predicted molar refractivity (Wildman–Crippen MR) is 53.9 cm³/mol. The van der Waals surface area contributed by atoms with E-state index >= 15 is 0 Å². The fourth-order valence-corrected chi connectivity index (χ4v) is 1.47. The van der Waals surface area contributed by atoms with Gasteiger partial charge in [-0.3, -0.25) is 4.79 Å². The summed E-state index contributed by atoms with van der Waals surface area (Å²) in [7, 11) is 0. The maximum absolute atomic E-state index is 12.8. The van der Waals surface area contributed by atoms with Crippen LogP contribution in [0.4, 0.5) is 8.78 Å². The lowest BCUT2D eigenvalue weighted by Crippen LogP contribution is -2.39. The van der Waals surface area contributed by atoms with Crippen molar-refractivity contribution in [1.29, 1.82) is 0 Å². The number of halogens is 2. The van der Waals surface area contributed by atoms with Crippen LogP contribution < -0.4 is 5.73 Å². The number of nitrogens with two attached hydrogens (primary N) is 1. The minimum absolute atomic E-state index is 0.181. The highest BCUT2D eigenvalue weighted by Crippen LogP contribution is 2.36. The molecular formula is C10H19F2NO2. The minimum atomic E-state index is -2.53. The van der Waals surface area contributed by atoms with Gasteiger partial charge in [-0.2, -0.15) is 0 Å². The van der Waals surface area contributed by atoms with Crippen LogP contribution in [0.5, 0.6) is 0 Å². The molecule has 0 aromatic carbocycles. The molecule has 5 heteroatoms. The molecule has 0 aromatic heterocycles. The molecule has 0 aliphatic rings. The average Bonchev–Trinajstić information content (AvgIpc) is 2.14. The summed E-state index contributed by atoms with van der Waals surface area (Å²) in [5.41, 5.74) is 4.00. The molecule has 0 fully saturated rings. The Bertz CT molecular complexity index is 212. The summed E-state index contributed by atoms with van der Waals surface area (Å²) >= 11 is 0. The number of carbonyl (C=O) groups is 1. The van der Waals surface area contributed by atoms with Gasteiger partial charge in [-0.05, 0) is 12.8 Å². The Balaban J connectivity index is 4.43. The normalized spacial score (nSPS) is 17.5. The standard InChI is InChI=1S/C10H19F2NO2/c1-3-4-5-10(2,9(11)12)6-7(13)8(14)15/h7,9H,3-6,13H2,1-2H3,(H,14,15). The van der Waals surface area contributed by atoms with Gasteiger partial charge in [0.15, 0.2) is 0 Å². The first-order chi connectivity index (χ1) is 6.83. The quantitative estimate of drug-likeness (QED) is 0.695. The Morgan fingerprint density at radius 2 is 2.07 bits per heavy atom. The number of carboxylic acid groups (broad SMARTS) is 1. The topological polar surface area (TPSA) is 63.3 Å². The van der Waals surface area contributed by atoms with Crippen LogP contribution in [0.2, 0.25) is 0 Å². The third-order valence-electron chi connectivity index (χ3n) is 2.63. The number of hydrogen-bond donors (Lipinski definition) is 2. The van der Waals surface area contributed by atoms with E-state index < -0.39 is 23.9 Å². The number of unbranched alkanes of at least 4 members (excludes halogenated alkanes) is 1. The van der Waals surface area contributed by atoms with Gasteiger partial charge in [-0.15, -0.1) is 0 Å². The molecule has 90 valence electrons. The van der Waals surface area contributed by atoms with Crippen molar-refractivity contribution >= 4 is 5.97 Å². The minimum Gasteiger partial charge on any atom is -0.480 e. The van der Waals surface area contributed by atoms with Crippen molar-refractivity contribution in [2.45, 2.75) is 52.0 Å². The van der Waals surface area contributed by atoms with Crippen molar-refractivity contribution in [3.63, 3.8) is 0 Å². The summed E-state index contributed by atoms with van der Waals surface area (Å²) in [5.74, 6) is -1.22. The molecule has 0 heterocycles. The zero-order valence-corrected chi connectivity index (χ0v) is 9.17. The van der Waals surface area contributed by atoms with Gasteiger partial charge < -0.3 is 10.8 Å². The van der Waals surface area contributed by atoms with Crippen molar-refractivity contribution in [2.24, 2.45) is 11.1 Å². The lowest BCUT2D eigenvalue weighted by molar-refractivity contribution is -0.140. The summed E-state index contributed by atoms with van der Waals surface area (Å²) in [5, 5.41) is 8.58. The molecule has 0 spiro atoms. The van der Waals surface area contributed by atoms with Crippen molar-refractivity contribution in [3.05, 3.63) is 0 Å². The molecule has 3 N–H and O–H groups in total.